The van der Waals surface area contributed by atoms with Crippen LogP contribution in [0.1, 0.15) is 44.3 Å². The number of amides is 1. The van der Waals surface area contributed by atoms with Crippen LogP contribution in [0.2, 0.25) is 0 Å². The van der Waals surface area contributed by atoms with Gasteiger partial charge in [0, 0.05) is 43.1 Å². The van der Waals surface area contributed by atoms with Crippen LogP contribution in [0.5, 0.6) is 0 Å². The molecule has 1 aliphatic rings. The molecule has 0 unspecified atom stereocenters. The molecular weight excluding hydrogens is 378 g/mol. The summed E-state index contributed by atoms with van der Waals surface area (Å²) in [6, 6.07) is 8.54. The Morgan fingerprint density at radius 2 is 1.77 bits per heavy atom. The second-order valence-electron chi connectivity index (χ2n) is 8.22. The highest BCUT2D eigenvalue weighted by Crippen LogP contribution is 2.24. The topological polar surface area (TPSA) is 67.4 Å². The summed E-state index contributed by atoms with van der Waals surface area (Å²) in [5, 5.41) is 8.62. The van der Waals surface area contributed by atoms with Gasteiger partial charge in [-0.1, -0.05) is 17.3 Å². The third-order valence-electron chi connectivity index (χ3n) is 5.87. The molecule has 2 aromatic heterocycles. The summed E-state index contributed by atoms with van der Waals surface area (Å²) in [6.45, 7) is 13.5. The predicted molar refractivity (Wildman–Crippen MR) is 116 cm³/mol. The Balaban J connectivity index is 1.48. The Kier molecular flexibility index (Phi) is 5.37. The molecule has 7 heteroatoms. The van der Waals surface area contributed by atoms with Crippen LogP contribution in [-0.2, 0) is 6.54 Å². The summed E-state index contributed by atoms with van der Waals surface area (Å²) >= 11 is 0. The van der Waals surface area contributed by atoms with Gasteiger partial charge >= 0.3 is 0 Å². The van der Waals surface area contributed by atoms with E-state index in [0.717, 1.165) is 30.0 Å². The van der Waals surface area contributed by atoms with Crippen LogP contribution >= 0.6 is 0 Å². The molecule has 1 aromatic carbocycles. The van der Waals surface area contributed by atoms with E-state index in [0.29, 0.717) is 31.1 Å². The summed E-state index contributed by atoms with van der Waals surface area (Å²) in [6.07, 6.45) is 0. The molecule has 0 spiro atoms. The Morgan fingerprint density at radius 1 is 1.03 bits per heavy atom. The standard InChI is InChI=1S/C23H29N5O2/c1-15-6-7-16(2)21(12-15)26-8-10-27(11-9-26)23(29)22-20(19(5)30-25-22)14-28-18(4)13-17(3)24-28/h6-7,12-13H,8-11,14H2,1-5H3. The van der Waals surface area contributed by atoms with Gasteiger partial charge in [-0.25, -0.2) is 0 Å². The number of aryl methyl sites for hydroxylation is 5. The van der Waals surface area contributed by atoms with Gasteiger partial charge in [-0.2, -0.15) is 5.10 Å². The van der Waals surface area contributed by atoms with E-state index in [4.69, 9.17) is 4.52 Å². The molecule has 3 aromatic rings. The van der Waals surface area contributed by atoms with Gasteiger partial charge in [0.15, 0.2) is 5.69 Å². The van der Waals surface area contributed by atoms with Gasteiger partial charge in [0.05, 0.1) is 12.2 Å². The number of anilines is 1. The molecule has 0 saturated carbocycles. The Hall–Kier alpha value is -3.09. The Morgan fingerprint density at radius 3 is 2.43 bits per heavy atom. The normalized spacial score (nSPS) is 14.4. The van der Waals surface area contributed by atoms with Crippen LogP contribution in [-0.4, -0.2) is 51.9 Å². The minimum Gasteiger partial charge on any atom is -0.368 e. The number of nitrogens with zero attached hydrogens (tertiary/aromatic N) is 5. The number of piperazine rings is 1. The van der Waals surface area contributed by atoms with Crippen molar-refractivity contribution >= 4 is 11.6 Å². The van der Waals surface area contributed by atoms with Crippen molar-refractivity contribution < 1.29 is 9.32 Å². The average molecular weight is 408 g/mol. The largest absolute Gasteiger partial charge is 0.368 e. The fraction of sp³-hybridized carbons (Fsp3) is 0.435. The molecule has 30 heavy (non-hydrogen) atoms. The minimum atomic E-state index is -0.0657. The van der Waals surface area contributed by atoms with Gasteiger partial charge in [-0.3, -0.25) is 9.48 Å². The summed E-state index contributed by atoms with van der Waals surface area (Å²) < 4.78 is 7.29. The molecular formula is C23H29N5O2. The van der Waals surface area contributed by atoms with Crippen molar-refractivity contribution in [1.82, 2.24) is 19.8 Å². The fourth-order valence-corrected chi connectivity index (χ4v) is 4.09. The van der Waals surface area contributed by atoms with Crippen LogP contribution in [0.4, 0.5) is 5.69 Å². The van der Waals surface area contributed by atoms with Gasteiger partial charge in [0.2, 0.25) is 0 Å². The van der Waals surface area contributed by atoms with Crippen molar-refractivity contribution in [3.8, 4) is 0 Å². The molecule has 4 rings (SSSR count). The molecule has 1 amide bonds. The number of hydrogen-bond donors (Lipinski definition) is 0. The van der Waals surface area contributed by atoms with E-state index in [1.54, 1.807) is 0 Å². The van der Waals surface area contributed by atoms with Gasteiger partial charge in [-0.15, -0.1) is 0 Å². The second-order valence-corrected chi connectivity index (χ2v) is 8.22. The lowest BCUT2D eigenvalue weighted by Crippen LogP contribution is -2.49. The molecule has 0 atom stereocenters. The van der Waals surface area contributed by atoms with Gasteiger partial charge in [-0.05, 0) is 57.9 Å². The number of carbonyl (C=O) groups is 1. The number of aromatic nitrogens is 3. The van der Waals surface area contributed by atoms with Crippen LogP contribution in [0.25, 0.3) is 0 Å². The Labute approximate surface area is 177 Å². The molecule has 7 nitrogen and oxygen atoms in total. The minimum absolute atomic E-state index is 0.0657. The Bertz CT molecular complexity index is 1070. The van der Waals surface area contributed by atoms with Crippen molar-refractivity contribution in [3.63, 3.8) is 0 Å². The zero-order valence-electron chi connectivity index (χ0n) is 18.4. The summed E-state index contributed by atoms with van der Waals surface area (Å²) in [4.78, 5) is 17.5. The van der Waals surface area contributed by atoms with Crippen molar-refractivity contribution in [2.75, 3.05) is 31.1 Å². The first-order valence-electron chi connectivity index (χ1n) is 10.4. The third kappa shape index (κ3) is 3.84. The zero-order chi connectivity index (χ0) is 21.4. The smallest absolute Gasteiger partial charge is 0.276 e. The van der Waals surface area contributed by atoms with Crippen molar-refractivity contribution in [3.05, 3.63) is 63.8 Å². The number of rotatable bonds is 4. The molecule has 0 radical (unpaired) electrons. The fourth-order valence-electron chi connectivity index (χ4n) is 4.09. The lowest BCUT2D eigenvalue weighted by atomic mass is 10.1. The predicted octanol–water partition coefficient (Wildman–Crippen LogP) is 3.42. The highest BCUT2D eigenvalue weighted by Gasteiger charge is 2.28. The zero-order valence-corrected chi connectivity index (χ0v) is 18.4. The molecule has 158 valence electrons. The summed E-state index contributed by atoms with van der Waals surface area (Å²) in [5.41, 5.74) is 6.99. The molecule has 1 saturated heterocycles. The lowest BCUT2D eigenvalue weighted by Gasteiger charge is -2.36. The van der Waals surface area contributed by atoms with Crippen LogP contribution in [0.15, 0.2) is 28.8 Å². The number of carbonyl (C=O) groups excluding carboxylic acids is 1. The first kappa shape index (κ1) is 20.2. The van der Waals surface area contributed by atoms with E-state index in [-0.39, 0.29) is 5.91 Å². The maximum Gasteiger partial charge on any atom is 0.276 e. The first-order valence-corrected chi connectivity index (χ1v) is 10.4. The highest BCUT2D eigenvalue weighted by atomic mass is 16.5. The van der Waals surface area contributed by atoms with Crippen molar-refractivity contribution in [1.29, 1.82) is 0 Å². The number of hydrogen-bond acceptors (Lipinski definition) is 5. The lowest BCUT2D eigenvalue weighted by molar-refractivity contribution is 0.0735. The van der Waals surface area contributed by atoms with E-state index in [1.807, 2.05) is 36.4 Å². The molecule has 0 N–H and O–H groups in total. The molecule has 0 bridgehead atoms. The highest BCUT2D eigenvalue weighted by molar-refractivity contribution is 5.94. The third-order valence-corrected chi connectivity index (χ3v) is 5.87. The van der Waals surface area contributed by atoms with E-state index in [2.05, 4.69) is 47.2 Å². The van der Waals surface area contributed by atoms with E-state index >= 15 is 0 Å². The molecule has 3 heterocycles. The maximum absolute atomic E-state index is 13.2. The number of benzene rings is 1. The van der Waals surface area contributed by atoms with Crippen LogP contribution < -0.4 is 4.90 Å². The monoisotopic (exact) mass is 407 g/mol. The van der Waals surface area contributed by atoms with Crippen molar-refractivity contribution in [2.24, 2.45) is 0 Å². The van der Waals surface area contributed by atoms with Crippen LogP contribution in [0, 0.1) is 34.6 Å². The summed E-state index contributed by atoms with van der Waals surface area (Å²) in [5.74, 6) is 0.601. The average Bonchev–Trinajstić information content (AvgIpc) is 3.25. The van der Waals surface area contributed by atoms with Gasteiger partial charge < -0.3 is 14.3 Å². The molecule has 1 aliphatic heterocycles. The van der Waals surface area contributed by atoms with E-state index in [1.165, 1.54) is 16.8 Å². The van der Waals surface area contributed by atoms with E-state index in [9.17, 15) is 4.79 Å². The van der Waals surface area contributed by atoms with Crippen LogP contribution in [0.3, 0.4) is 0 Å². The van der Waals surface area contributed by atoms with E-state index < -0.39 is 0 Å². The van der Waals surface area contributed by atoms with Gasteiger partial charge in [0.25, 0.3) is 5.91 Å². The second kappa shape index (κ2) is 7.97. The maximum atomic E-state index is 13.2. The SMILES string of the molecule is Cc1ccc(C)c(N2CCN(C(=O)c3noc(C)c3Cn3nc(C)cc3C)CC2)c1. The summed E-state index contributed by atoms with van der Waals surface area (Å²) in [7, 11) is 0. The molecule has 0 aliphatic carbocycles. The van der Waals surface area contributed by atoms with Crippen molar-refractivity contribution in [2.45, 2.75) is 41.2 Å². The van der Waals surface area contributed by atoms with Gasteiger partial charge in [0.1, 0.15) is 5.76 Å². The first-order chi connectivity index (χ1) is 14.3. The quantitative estimate of drug-likeness (QED) is 0.663. The molecule has 1 fully saturated rings.